The molecule has 0 heterocycles. The van der Waals surface area contributed by atoms with E-state index in [1.54, 1.807) is 0 Å². The Balaban J connectivity index is 2.29. The second-order valence-corrected chi connectivity index (χ2v) is 4.89. The Kier molecular flexibility index (Phi) is 2.27. The van der Waals surface area contributed by atoms with Crippen molar-refractivity contribution in [3.8, 4) is 11.8 Å². The van der Waals surface area contributed by atoms with E-state index in [0.29, 0.717) is 6.42 Å². The van der Waals surface area contributed by atoms with Crippen LogP contribution >= 0.6 is 0 Å². The van der Waals surface area contributed by atoms with Gasteiger partial charge in [-0.05, 0) is 24.0 Å². The average molecular weight is 214 g/mol. The van der Waals surface area contributed by atoms with Crippen LogP contribution in [0.25, 0.3) is 0 Å². The first-order chi connectivity index (χ1) is 7.48. The molecule has 0 spiro atoms. The SMILES string of the molecule is CC1(C)C[C@]1(C#Cc1ccccc1)C(=O)O. The predicted molar refractivity (Wildman–Crippen MR) is 61.8 cm³/mol. The van der Waals surface area contributed by atoms with Crippen molar-refractivity contribution in [2.45, 2.75) is 20.3 Å². The highest BCUT2D eigenvalue weighted by atomic mass is 16.4. The van der Waals surface area contributed by atoms with Gasteiger partial charge in [-0.3, -0.25) is 4.79 Å². The number of carbonyl (C=O) groups is 1. The van der Waals surface area contributed by atoms with E-state index >= 15 is 0 Å². The lowest BCUT2D eigenvalue weighted by molar-refractivity contribution is -0.142. The third-order valence-corrected chi connectivity index (χ3v) is 3.30. The van der Waals surface area contributed by atoms with Gasteiger partial charge in [0.1, 0.15) is 5.41 Å². The second kappa shape index (κ2) is 3.38. The fraction of sp³-hybridized carbons (Fsp3) is 0.357. The van der Waals surface area contributed by atoms with Crippen LogP contribution in [0.3, 0.4) is 0 Å². The van der Waals surface area contributed by atoms with E-state index in [2.05, 4.69) is 11.8 Å². The van der Waals surface area contributed by atoms with Gasteiger partial charge in [0.15, 0.2) is 0 Å². The summed E-state index contributed by atoms with van der Waals surface area (Å²) in [5.41, 5.74) is -0.186. The maximum atomic E-state index is 11.2. The Bertz CT molecular complexity index is 476. The summed E-state index contributed by atoms with van der Waals surface area (Å²) < 4.78 is 0. The van der Waals surface area contributed by atoms with Crippen molar-refractivity contribution in [2.75, 3.05) is 0 Å². The quantitative estimate of drug-likeness (QED) is 0.729. The fourth-order valence-electron chi connectivity index (χ4n) is 1.95. The lowest BCUT2D eigenvalue weighted by Crippen LogP contribution is -2.18. The van der Waals surface area contributed by atoms with Gasteiger partial charge in [-0.15, -0.1) is 0 Å². The number of hydrogen-bond donors (Lipinski definition) is 1. The van der Waals surface area contributed by atoms with Gasteiger partial charge in [0.25, 0.3) is 0 Å². The summed E-state index contributed by atoms with van der Waals surface area (Å²) in [7, 11) is 0. The zero-order valence-corrected chi connectivity index (χ0v) is 9.45. The Morgan fingerprint density at radius 2 is 1.88 bits per heavy atom. The molecule has 0 saturated heterocycles. The van der Waals surface area contributed by atoms with Crippen molar-refractivity contribution in [2.24, 2.45) is 10.8 Å². The molecular formula is C14H14O2. The molecule has 1 aliphatic rings. The molecule has 1 atom stereocenters. The molecule has 1 N–H and O–H groups in total. The molecule has 2 rings (SSSR count). The van der Waals surface area contributed by atoms with Gasteiger partial charge < -0.3 is 5.11 Å². The van der Waals surface area contributed by atoms with E-state index in [1.165, 1.54) is 0 Å². The minimum absolute atomic E-state index is 0.208. The van der Waals surface area contributed by atoms with Crippen molar-refractivity contribution in [3.63, 3.8) is 0 Å². The molecule has 0 unspecified atom stereocenters. The summed E-state index contributed by atoms with van der Waals surface area (Å²) in [5.74, 6) is 5.08. The molecule has 1 saturated carbocycles. The molecule has 0 amide bonds. The van der Waals surface area contributed by atoms with E-state index < -0.39 is 11.4 Å². The van der Waals surface area contributed by atoms with Crippen LogP contribution in [-0.2, 0) is 4.79 Å². The van der Waals surface area contributed by atoms with Crippen LogP contribution in [0.1, 0.15) is 25.8 Å². The molecule has 82 valence electrons. The molecule has 1 fully saturated rings. The second-order valence-electron chi connectivity index (χ2n) is 4.89. The van der Waals surface area contributed by atoms with Gasteiger partial charge in [-0.2, -0.15) is 0 Å². The van der Waals surface area contributed by atoms with Crippen molar-refractivity contribution >= 4 is 5.97 Å². The van der Waals surface area contributed by atoms with Crippen LogP contribution < -0.4 is 0 Å². The van der Waals surface area contributed by atoms with Gasteiger partial charge >= 0.3 is 5.97 Å². The van der Waals surface area contributed by atoms with Crippen molar-refractivity contribution in [1.82, 2.24) is 0 Å². The Labute approximate surface area is 95.3 Å². The smallest absolute Gasteiger partial charge is 0.322 e. The lowest BCUT2D eigenvalue weighted by atomic mass is 9.96. The molecule has 1 aromatic carbocycles. The summed E-state index contributed by atoms with van der Waals surface area (Å²) >= 11 is 0. The van der Waals surface area contributed by atoms with Crippen LogP contribution in [-0.4, -0.2) is 11.1 Å². The van der Waals surface area contributed by atoms with E-state index in [1.807, 2.05) is 44.2 Å². The Morgan fingerprint density at radius 1 is 1.31 bits per heavy atom. The Morgan fingerprint density at radius 3 is 2.31 bits per heavy atom. The number of rotatable bonds is 1. The standard InChI is InChI=1S/C14H14O2/c1-13(2)10-14(13,12(15)16)9-8-11-6-4-3-5-7-11/h3-7H,10H2,1-2H3,(H,15,16)/t14-/m1/s1. The van der Waals surface area contributed by atoms with Gasteiger partial charge in [0.05, 0.1) is 0 Å². The number of benzene rings is 1. The molecule has 0 bridgehead atoms. The average Bonchev–Trinajstić information content (AvgIpc) is 2.81. The molecule has 2 heteroatoms. The first-order valence-electron chi connectivity index (χ1n) is 5.30. The van der Waals surface area contributed by atoms with Crippen LogP contribution in [0.4, 0.5) is 0 Å². The third kappa shape index (κ3) is 1.59. The van der Waals surface area contributed by atoms with Gasteiger partial charge in [0.2, 0.25) is 0 Å². The van der Waals surface area contributed by atoms with E-state index in [0.717, 1.165) is 5.56 Å². The van der Waals surface area contributed by atoms with Gasteiger partial charge in [0, 0.05) is 5.56 Å². The summed E-state index contributed by atoms with van der Waals surface area (Å²) in [6.07, 6.45) is 0.634. The summed E-state index contributed by atoms with van der Waals surface area (Å²) in [6.45, 7) is 3.89. The molecule has 2 nitrogen and oxygen atoms in total. The van der Waals surface area contributed by atoms with Gasteiger partial charge in [-0.1, -0.05) is 43.9 Å². The zero-order valence-electron chi connectivity index (χ0n) is 9.45. The fourth-order valence-corrected chi connectivity index (χ4v) is 1.95. The number of aliphatic carboxylic acids is 1. The van der Waals surface area contributed by atoms with Crippen LogP contribution in [0.5, 0.6) is 0 Å². The zero-order chi connectivity index (χ0) is 11.8. The van der Waals surface area contributed by atoms with Crippen LogP contribution in [0.15, 0.2) is 30.3 Å². The molecule has 1 aromatic rings. The van der Waals surface area contributed by atoms with Gasteiger partial charge in [-0.25, -0.2) is 0 Å². The van der Waals surface area contributed by atoms with E-state index in [9.17, 15) is 9.90 Å². The molecule has 0 aliphatic heterocycles. The maximum absolute atomic E-state index is 11.2. The summed E-state index contributed by atoms with van der Waals surface area (Å²) in [5, 5.41) is 9.21. The molecule has 16 heavy (non-hydrogen) atoms. The topological polar surface area (TPSA) is 37.3 Å². The first kappa shape index (κ1) is 10.8. The van der Waals surface area contributed by atoms with Crippen LogP contribution in [0, 0.1) is 22.7 Å². The molecule has 0 aromatic heterocycles. The highest BCUT2D eigenvalue weighted by Crippen LogP contribution is 2.63. The number of carboxylic acid groups (broad SMARTS) is 1. The van der Waals surface area contributed by atoms with Crippen molar-refractivity contribution in [1.29, 1.82) is 0 Å². The third-order valence-electron chi connectivity index (χ3n) is 3.30. The first-order valence-corrected chi connectivity index (χ1v) is 5.30. The maximum Gasteiger partial charge on any atom is 0.322 e. The summed E-state index contributed by atoms with van der Waals surface area (Å²) in [6, 6.07) is 9.49. The molecule has 1 aliphatic carbocycles. The van der Waals surface area contributed by atoms with E-state index in [4.69, 9.17) is 0 Å². The highest BCUT2D eigenvalue weighted by Gasteiger charge is 2.66. The van der Waals surface area contributed by atoms with E-state index in [-0.39, 0.29) is 5.41 Å². The number of carboxylic acids is 1. The summed E-state index contributed by atoms with van der Waals surface area (Å²) in [4.78, 5) is 11.2. The molecular weight excluding hydrogens is 200 g/mol. The Hall–Kier alpha value is -1.75. The minimum atomic E-state index is -0.844. The predicted octanol–water partition coefficient (Wildman–Crippen LogP) is 2.54. The lowest BCUT2D eigenvalue weighted by Gasteiger charge is -2.07. The van der Waals surface area contributed by atoms with Crippen LogP contribution in [0.2, 0.25) is 0 Å². The van der Waals surface area contributed by atoms with Crippen molar-refractivity contribution < 1.29 is 9.90 Å². The monoisotopic (exact) mass is 214 g/mol. The van der Waals surface area contributed by atoms with Crippen molar-refractivity contribution in [3.05, 3.63) is 35.9 Å². The normalized spacial score (nSPS) is 25.4. The molecule has 0 radical (unpaired) electrons. The largest absolute Gasteiger partial charge is 0.480 e. The minimum Gasteiger partial charge on any atom is -0.480 e. The number of hydrogen-bond acceptors (Lipinski definition) is 1. The highest BCUT2D eigenvalue weighted by molar-refractivity contribution is 5.84.